The summed E-state index contributed by atoms with van der Waals surface area (Å²) in [6.07, 6.45) is 12.1. The molecule has 1 aliphatic rings. The van der Waals surface area contributed by atoms with E-state index in [0.717, 1.165) is 24.1 Å². The zero-order valence-corrected chi connectivity index (χ0v) is 15.6. The van der Waals surface area contributed by atoms with Crippen molar-refractivity contribution in [3.63, 3.8) is 0 Å². The van der Waals surface area contributed by atoms with E-state index < -0.39 is 0 Å². The van der Waals surface area contributed by atoms with Crippen LogP contribution in [-0.2, 0) is 4.74 Å². The summed E-state index contributed by atoms with van der Waals surface area (Å²) in [5, 5.41) is 3.53. The standard InChI is InChI=1S/C21H25N3O3/c1-2-27-21(26)17-10-8-16(9-11-17)19(23-18-6-4-3-5-7-18)14-20(25)24-13-12-22-15-24/h8-15,18,23H,2-7H2,1H3/b19-14-. The maximum atomic E-state index is 12.5. The van der Waals surface area contributed by atoms with Gasteiger partial charge in [0.2, 0.25) is 0 Å². The van der Waals surface area contributed by atoms with Crippen molar-refractivity contribution in [2.24, 2.45) is 0 Å². The van der Waals surface area contributed by atoms with Gasteiger partial charge in [0.1, 0.15) is 6.33 Å². The van der Waals surface area contributed by atoms with Crippen molar-refractivity contribution in [1.82, 2.24) is 14.9 Å². The molecule has 3 rings (SSSR count). The van der Waals surface area contributed by atoms with E-state index in [9.17, 15) is 9.59 Å². The highest BCUT2D eigenvalue weighted by molar-refractivity contribution is 5.96. The highest BCUT2D eigenvalue weighted by Gasteiger charge is 2.16. The maximum Gasteiger partial charge on any atom is 0.338 e. The summed E-state index contributed by atoms with van der Waals surface area (Å²) in [4.78, 5) is 28.3. The molecule has 1 aliphatic carbocycles. The van der Waals surface area contributed by atoms with Crippen molar-refractivity contribution in [2.75, 3.05) is 6.61 Å². The van der Waals surface area contributed by atoms with Crippen molar-refractivity contribution >= 4 is 17.6 Å². The third kappa shape index (κ3) is 5.06. The van der Waals surface area contributed by atoms with E-state index in [1.807, 2.05) is 12.1 Å². The molecule has 1 N–H and O–H groups in total. The van der Waals surface area contributed by atoms with Crippen molar-refractivity contribution in [3.8, 4) is 0 Å². The summed E-state index contributed by atoms with van der Waals surface area (Å²) in [5.74, 6) is -0.510. The van der Waals surface area contributed by atoms with Crippen LogP contribution in [0.1, 0.15) is 59.7 Å². The van der Waals surface area contributed by atoms with E-state index in [2.05, 4.69) is 10.3 Å². The molecule has 0 unspecified atom stereocenters. The van der Waals surface area contributed by atoms with Gasteiger partial charge in [-0.1, -0.05) is 31.4 Å². The molecule has 0 spiro atoms. The first-order valence-corrected chi connectivity index (χ1v) is 9.45. The van der Waals surface area contributed by atoms with Gasteiger partial charge in [0.25, 0.3) is 5.91 Å². The van der Waals surface area contributed by atoms with Crippen molar-refractivity contribution < 1.29 is 14.3 Å². The summed E-state index contributed by atoms with van der Waals surface area (Å²) in [7, 11) is 0. The number of benzene rings is 1. The van der Waals surface area contributed by atoms with Gasteiger partial charge in [-0.3, -0.25) is 9.36 Å². The molecule has 1 aromatic carbocycles. The molecule has 1 saturated carbocycles. The van der Waals surface area contributed by atoms with E-state index in [-0.39, 0.29) is 11.9 Å². The van der Waals surface area contributed by atoms with E-state index in [1.54, 1.807) is 37.5 Å². The molecule has 142 valence electrons. The Labute approximate surface area is 159 Å². The number of carbonyl (C=O) groups is 2. The minimum Gasteiger partial charge on any atom is -0.462 e. The lowest BCUT2D eigenvalue weighted by Gasteiger charge is -2.25. The average molecular weight is 367 g/mol. The summed E-state index contributed by atoms with van der Waals surface area (Å²) >= 11 is 0. The summed E-state index contributed by atoms with van der Waals surface area (Å²) < 4.78 is 6.47. The molecule has 0 aliphatic heterocycles. The Bertz CT molecular complexity index is 789. The van der Waals surface area contributed by atoms with Gasteiger partial charge in [0.05, 0.1) is 12.2 Å². The largest absolute Gasteiger partial charge is 0.462 e. The maximum absolute atomic E-state index is 12.5. The molecule has 2 aromatic rings. The van der Waals surface area contributed by atoms with Crippen LogP contribution in [0.15, 0.2) is 49.1 Å². The van der Waals surface area contributed by atoms with Crippen LogP contribution in [0.2, 0.25) is 0 Å². The molecular formula is C21H25N3O3. The van der Waals surface area contributed by atoms with Gasteiger partial charge < -0.3 is 10.1 Å². The van der Waals surface area contributed by atoms with Crippen molar-refractivity contribution in [2.45, 2.75) is 45.1 Å². The quantitative estimate of drug-likeness (QED) is 0.623. The van der Waals surface area contributed by atoms with Gasteiger partial charge in [-0.05, 0) is 37.5 Å². The summed E-state index contributed by atoms with van der Waals surface area (Å²) in [6, 6.07) is 7.49. The van der Waals surface area contributed by atoms with Crippen LogP contribution in [0.5, 0.6) is 0 Å². The Morgan fingerprint density at radius 2 is 1.89 bits per heavy atom. The van der Waals surface area contributed by atoms with Crippen LogP contribution in [0.25, 0.3) is 5.70 Å². The number of carbonyl (C=O) groups excluding carboxylic acids is 2. The fourth-order valence-corrected chi connectivity index (χ4v) is 3.26. The number of hydrogen-bond acceptors (Lipinski definition) is 5. The molecule has 0 bridgehead atoms. The van der Waals surface area contributed by atoms with E-state index in [0.29, 0.717) is 18.2 Å². The van der Waals surface area contributed by atoms with Crippen molar-refractivity contribution in [3.05, 3.63) is 60.2 Å². The molecule has 1 fully saturated rings. The van der Waals surface area contributed by atoms with Crippen LogP contribution in [0.4, 0.5) is 0 Å². The zero-order valence-electron chi connectivity index (χ0n) is 15.6. The number of nitrogens with one attached hydrogen (secondary N) is 1. The number of ether oxygens (including phenoxy) is 1. The third-order valence-electron chi connectivity index (χ3n) is 4.70. The summed E-state index contributed by atoms with van der Waals surface area (Å²) in [6.45, 7) is 2.12. The molecule has 0 saturated heterocycles. The molecule has 6 heteroatoms. The number of nitrogens with zero attached hydrogens (tertiary/aromatic N) is 2. The predicted octanol–water partition coefficient (Wildman–Crippen LogP) is 3.66. The average Bonchev–Trinajstić information content (AvgIpc) is 3.24. The van der Waals surface area contributed by atoms with Gasteiger partial charge in [0, 0.05) is 30.2 Å². The highest BCUT2D eigenvalue weighted by Crippen LogP contribution is 2.22. The molecule has 1 aromatic heterocycles. The SMILES string of the molecule is CCOC(=O)c1ccc(/C(=C/C(=O)n2ccnc2)NC2CCCCC2)cc1. The number of esters is 1. The van der Waals surface area contributed by atoms with Gasteiger partial charge in [-0.25, -0.2) is 9.78 Å². The first-order valence-electron chi connectivity index (χ1n) is 9.45. The molecule has 0 amide bonds. The monoisotopic (exact) mass is 367 g/mol. The molecule has 27 heavy (non-hydrogen) atoms. The Hall–Kier alpha value is -2.89. The van der Waals surface area contributed by atoms with E-state index in [1.165, 1.54) is 30.2 Å². The fraction of sp³-hybridized carbons (Fsp3) is 0.381. The van der Waals surface area contributed by atoms with Crippen LogP contribution < -0.4 is 5.32 Å². The lowest BCUT2D eigenvalue weighted by Crippen LogP contribution is -2.30. The lowest BCUT2D eigenvalue weighted by atomic mass is 9.94. The number of hydrogen-bond donors (Lipinski definition) is 1. The minimum atomic E-state index is -0.343. The van der Waals surface area contributed by atoms with E-state index in [4.69, 9.17) is 4.74 Å². The van der Waals surface area contributed by atoms with Crippen LogP contribution >= 0.6 is 0 Å². The lowest BCUT2D eigenvalue weighted by molar-refractivity contribution is 0.0526. The second-order valence-corrected chi connectivity index (χ2v) is 6.64. The topological polar surface area (TPSA) is 73.2 Å². The van der Waals surface area contributed by atoms with E-state index >= 15 is 0 Å². The first kappa shape index (κ1) is 18.9. The van der Waals surface area contributed by atoms with Gasteiger partial charge in [-0.2, -0.15) is 0 Å². The molecule has 1 heterocycles. The van der Waals surface area contributed by atoms with Gasteiger partial charge in [-0.15, -0.1) is 0 Å². The Balaban J connectivity index is 1.84. The number of rotatable bonds is 6. The molecule has 0 atom stereocenters. The minimum absolute atomic E-state index is 0.166. The number of allylic oxidation sites excluding steroid dienone is 1. The second-order valence-electron chi connectivity index (χ2n) is 6.64. The van der Waals surface area contributed by atoms with Crippen molar-refractivity contribution in [1.29, 1.82) is 0 Å². The Morgan fingerprint density at radius 1 is 1.19 bits per heavy atom. The predicted molar refractivity (Wildman–Crippen MR) is 103 cm³/mol. The second kappa shape index (κ2) is 9.16. The normalized spacial score (nSPS) is 15.4. The third-order valence-corrected chi connectivity index (χ3v) is 4.70. The van der Waals surface area contributed by atoms with Gasteiger partial charge >= 0.3 is 5.97 Å². The Kier molecular flexibility index (Phi) is 6.41. The van der Waals surface area contributed by atoms with Gasteiger partial charge in [0.15, 0.2) is 0 Å². The zero-order chi connectivity index (χ0) is 19.1. The molecule has 0 radical (unpaired) electrons. The first-order chi connectivity index (χ1) is 13.2. The number of aromatic nitrogens is 2. The van der Waals surface area contributed by atoms with Crippen LogP contribution in [0, 0.1) is 0 Å². The molecule has 6 nitrogen and oxygen atoms in total. The molecular weight excluding hydrogens is 342 g/mol. The fourth-order valence-electron chi connectivity index (χ4n) is 3.26. The van der Waals surface area contributed by atoms with Crippen LogP contribution in [-0.4, -0.2) is 34.1 Å². The number of imidazole rings is 1. The smallest absolute Gasteiger partial charge is 0.338 e. The Morgan fingerprint density at radius 3 is 2.52 bits per heavy atom. The summed E-state index contributed by atoms with van der Waals surface area (Å²) in [5.41, 5.74) is 2.12. The van der Waals surface area contributed by atoms with Crippen LogP contribution in [0.3, 0.4) is 0 Å². The highest BCUT2D eigenvalue weighted by atomic mass is 16.5.